The van der Waals surface area contributed by atoms with E-state index >= 15 is 0 Å². The molecule has 0 amide bonds. The number of hydrogen-bond donors (Lipinski definition) is 0. The normalized spacial score (nSPS) is 10.4. The molecule has 0 aliphatic heterocycles. The molecule has 0 saturated carbocycles. The molecule has 103 valence electrons. The Balaban J connectivity index is -0.0000000480. The Bertz CT molecular complexity index is 273. The predicted octanol–water partition coefficient (Wildman–Crippen LogP) is 1.25. The van der Waals surface area contributed by atoms with Crippen LogP contribution in [0.25, 0.3) is 0 Å². The average molecular weight is 475 g/mol. The van der Waals surface area contributed by atoms with Crippen molar-refractivity contribution in [1.82, 2.24) is 0 Å². The summed E-state index contributed by atoms with van der Waals surface area (Å²) < 4.78 is 99.0. The third-order valence-electron chi connectivity index (χ3n) is 0.378. The van der Waals surface area contributed by atoms with Crippen molar-refractivity contribution in [1.29, 1.82) is 0 Å². The van der Waals surface area contributed by atoms with Gasteiger partial charge in [-0.3, -0.25) is 0 Å². The number of halogens is 6. The standard InChI is InChI=1S/2CF3O2S.Li.2Ru/c2*2-1(3,4)7(5)6;;;/q2*-1;;2*+1. The van der Waals surface area contributed by atoms with Crippen molar-refractivity contribution in [3.8, 4) is 0 Å². The predicted molar refractivity (Wildman–Crippen MR) is 35.3 cm³/mol. The van der Waals surface area contributed by atoms with E-state index in [0.717, 1.165) is 0 Å². The number of hydrogen-bond acceptors (Lipinski definition) is 6. The summed E-state index contributed by atoms with van der Waals surface area (Å²) in [5.74, 6) is 0. The number of rotatable bonds is 0. The van der Waals surface area contributed by atoms with Crippen LogP contribution in [0.2, 0.25) is 0 Å². The minimum Gasteiger partial charge on any atom is -0.416 e. The van der Waals surface area contributed by atoms with Crippen molar-refractivity contribution in [2.45, 2.75) is 11.0 Å². The maximum atomic E-state index is 10.6. The Labute approximate surface area is 132 Å². The molecule has 0 rings (SSSR count). The van der Waals surface area contributed by atoms with Gasteiger partial charge in [0.15, 0.2) is 0 Å². The topological polar surface area (TPSA) is 68.3 Å². The van der Waals surface area contributed by atoms with Gasteiger partial charge in [-0.05, 0) is 0 Å². The van der Waals surface area contributed by atoms with Crippen LogP contribution in [0.4, 0.5) is 26.3 Å². The SMILES string of the molecule is O=[S-](=O)C(F)(F)F.O=[S-](=O)C(F)(F)F.[Li].[Ru+].[Ru+]. The Morgan fingerprint density at radius 2 is 0.647 bits per heavy atom. The number of alkyl halides is 6. The minimum absolute atomic E-state index is 0. The Hall–Kier alpha value is 1.32. The monoisotopic (exact) mass is 477 g/mol. The van der Waals surface area contributed by atoms with Crippen molar-refractivity contribution in [3.63, 3.8) is 0 Å². The summed E-state index contributed by atoms with van der Waals surface area (Å²) in [4.78, 5) is 0. The first-order valence-corrected chi connectivity index (χ1v) is 4.36. The molecule has 0 aromatic carbocycles. The van der Waals surface area contributed by atoms with E-state index in [9.17, 15) is 26.3 Å². The summed E-state index contributed by atoms with van der Waals surface area (Å²) >= 11 is 0. The molecule has 0 unspecified atom stereocenters. The van der Waals surface area contributed by atoms with Crippen LogP contribution in [-0.2, 0) is 77.2 Å². The van der Waals surface area contributed by atoms with Gasteiger partial charge in [-0.15, -0.1) is 0 Å². The molecule has 17 heavy (non-hydrogen) atoms. The van der Waals surface area contributed by atoms with E-state index in [0.29, 0.717) is 0 Å². The van der Waals surface area contributed by atoms with Crippen LogP contribution in [-0.4, -0.2) is 29.9 Å². The second-order valence-electron chi connectivity index (χ2n) is 1.36. The molecule has 0 aromatic rings. The molecule has 3 radical (unpaired) electrons. The molecule has 4 nitrogen and oxygen atoms in total. The van der Waals surface area contributed by atoms with Crippen LogP contribution >= 0.6 is 0 Å². The maximum absolute atomic E-state index is 10.6. The Morgan fingerprint density at radius 3 is 0.647 bits per heavy atom. The van der Waals surface area contributed by atoms with Crippen molar-refractivity contribution in [2.24, 2.45) is 0 Å². The zero-order valence-electron chi connectivity index (χ0n) is 7.42. The Morgan fingerprint density at radius 1 is 0.588 bits per heavy atom. The molecule has 0 spiro atoms. The average Bonchev–Trinajstić information content (AvgIpc) is 1.83. The molecule has 0 aliphatic carbocycles. The van der Waals surface area contributed by atoms with E-state index in [1.165, 1.54) is 0 Å². The van der Waals surface area contributed by atoms with Crippen LogP contribution < -0.4 is 0 Å². The largest absolute Gasteiger partial charge is 1.00 e. The molecule has 0 N–H and O–H groups in total. The molecule has 0 aliphatic rings. The van der Waals surface area contributed by atoms with E-state index in [4.69, 9.17) is 16.8 Å². The third-order valence-corrected chi connectivity index (χ3v) is 1.13. The Kier molecular flexibility index (Phi) is 22.5. The third kappa shape index (κ3) is 22.9. The second kappa shape index (κ2) is 12.4. The second-order valence-corrected chi connectivity index (χ2v) is 3.23. The van der Waals surface area contributed by atoms with E-state index in [-0.39, 0.29) is 57.8 Å². The first-order chi connectivity index (χ1) is 5.89. The zero-order valence-corrected chi connectivity index (χ0v) is 12.5. The molecule has 0 fully saturated rings. The molecule has 0 saturated heterocycles. The molecule has 15 heteroatoms. The fourth-order valence-electron chi connectivity index (χ4n) is 0. The first-order valence-electron chi connectivity index (χ1n) is 2.21. The van der Waals surface area contributed by atoms with Gasteiger partial charge in [0.1, 0.15) is 0 Å². The van der Waals surface area contributed by atoms with E-state index < -0.39 is 32.4 Å². The summed E-state index contributed by atoms with van der Waals surface area (Å²) in [6.07, 6.45) is 0. The van der Waals surface area contributed by atoms with Gasteiger partial charge < -0.3 is 16.8 Å². The minimum atomic E-state index is -5.08. The van der Waals surface area contributed by atoms with Gasteiger partial charge in [0.2, 0.25) is 0 Å². The van der Waals surface area contributed by atoms with Crippen LogP contribution in [0.15, 0.2) is 0 Å². The van der Waals surface area contributed by atoms with Crippen LogP contribution in [0, 0.1) is 0 Å². The summed E-state index contributed by atoms with van der Waals surface area (Å²) in [5.41, 5.74) is -10.2. The summed E-state index contributed by atoms with van der Waals surface area (Å²) in [5, 5.41) is 0. The van der Waals surface area contributed by atoms with Crippen molar-refractivity contribution in [3.05, 3.63) is 0 Å². The molecule has 0 atom stereocenters. The van der Waals surface area contributed by atoms with Crippen molar-refractivity contribution >= 4 is 40.3 Å². The van der Waals surface area contributed by atoms with Crippen LogP contribution in [0.3, 0.4) is 0 Å². The van der Waals surface area contributed by atoms with Gasteiger partial charge in [0.25, 0.3) is 0 Å². The van der Waals surface area contributed by atoms with Crippen molar-refractivity contribution < 1.29 is 82.1 Å². The molecule has 0 aromatic heterocycles. The van der Waals surface area contributed by atoms with Gasteiger partial charge in [-0.25, -0.2) is 0 Å². The van der Waals surface area contributed by atoms with E-state index in [2.05, 4.69) is 0 Å². The van der Waals surface area contributed by atoms with E-state index in [1.54, 1.807) is 0 Å². The summed E-state index contributed by atoms with van der Waals surface area (Å²) in [6.45, 7) is 0. The maximum Gasteiger partial charge on any atom is 1.00 e. The van der Waals surface area contributed by atoms with Crippen molar-refractivity contribution in [2.75, 3.05) is 0 Å². The molecular weight excluding hydrogens is 475 g/mol. The van der Waals surface area contributed by atoms with Gasteiger partial charge in [-0.2, -0.15) is 26.3 Å². The fraction of sp³-hybridized carbons (Fsp3) is 1.00. The van der Waals surface area contributed by atoms with Crippen LogP contribution in [0.1, 0.15) is 0 Å². The van der Waals surface area contributed by atoms with Gasteiger partial charge in [-0.1, -0.05) is 0 Å². The smallest absolute Gasteiger partial charge is 0.416 e. The van der Waals surface area contributed by atoms with Gasteiger partial charge >= 0.3 is 50.0 Å². The molecular formula is C2F6LiO4Ru2S2. The van der Waals surface area contributed by atoms with E-state index in [1.807, 2.05) is 0 Å². The van der Waals surface area contributed by atoms with Gasteiger partial charge in [0.05, 0.1) is 0 Å². The molecule has 0 heterocycles. The van der Waals surface area contributed by atoms with Crippen LogP contribution in [0.5, 0.6) is 0 Å². The fourth-order valence-corrected chi connectivity index (χ4v) is 0. The summed E-state index contributed by atoms with van der Waals surface area (Å²) in [7, 11) is -7.87. The summed E-state index contributed by atoms with van der Waals surface area (Å²) in [6, 6.07) is 0. The first kappa shape index (κ1) is 31.0. The van der Waals surface area contributed by atoms with Gasteiger partial charge in [0, 0.05) is 40.3 Å². The zero-order chi connectivity index (χ0) is 12.2. The quantitative estimate of drug-likeness (QED) is 0.301. The molecule has 0 bridgehead atoms.